The van der Waals surface area contributed by atoms with Crippen molar-refractivity contribution in [1.82, 2.24) is 15.0 Å². The molecule has 0 unspecified atom stereocenters. The number of fused-ring (bicyclic) bond motifs is 1. The lowest BCUT2D eigenvalue weighted by Crippen LogP contribution is -2.38. The number of rotatable bonds is 4. The number of pyridine rings is 3. The third kappa shape index (κ3) is 3.08. The van der Waals surface area contributed by atoms with Crippen LogP contribution in [0.25, 0.3) is 22.3 Å². The van der Waals surface area contributed by atoms with Gasteiger partial charge in [0, 0.05) is 17.8 Å². The summed E-state index contributed by atoms with van der Waals surface area (Å²) in [5.74, 6) is 6.12. The zero-order chi connectivity index (χ0) is 19.7. The van der Waals surface area contributed by atoms with Gasteiger partial charge in [0.2, 0.25) is 0 Å². The molecular formula is C20H17N5O2S. The minimum Gasteiger partial charge on any atom is -0.254 e. The van der Waals surface area contributed by atoms with Crippen molar-refractivity contribution in [2.24, 2.45) is 5.84 Å². The Labute approximate surface area is 162 Å². The molecule has 4 aromatic rings. The van der Waals surface area contributed by atoms with E-state index in [1.807, 2.05) is 31.2 Å². The first kappa shape index (κ1) is 18.0. The van der Waals surface area contributed by atoms with Crippen LogP contribution in [0.1, 0.15) is 5.56 Å². The predicted octanol–water partition coefficient (Wildman–Crippen LogP) is 3.07. The third-order valence-electron chi connectivity index (χ3n) is 4.33. The van der Waals surface area contributed by atoms with E-state index in [2.05, 4.69) is 15.0 Å². The van der Waals surface area contributed by atoms with Gasteiger partial charge in [-0.15, -0.1) is 0 Å². The summed E-state index contributed by atoms with van der Waals surface area (Å²) in [5.41, 5.74) is 2.48. The highest BCUT2D eigenvalue weighted by molar-refractivity contribution is 7.92. The first-order chi connectivity index (χ1) is 13.5. The van der Waals surface area contributed by atoms with Crippen molar-refractivity contribution in [1.29, 1.82) is 0 Å². The Balaban J connectivity index is 1.95. The molecule has 3 heterocycles. The lowest BCUT2D eigenvalue weighted by Gasteiger charge is -2.20. The standard InChI is InChI=1S/C20H17N5O2S/c1-14-7-5-11-22-18(14)17-13-15-8-6-12-23-19(15)20(24-17)25(21)28(26,27)16-9-3-2-4-10-16/h2-13H,21H2,1H3. The number of anilines is 1. The Kier molecular flexibility index (Phi) is 4.50. The molecule has 7 nitrogen and oxygen atoms in total. The van der Waals surface area contributed by atoms with Gasteiger partial charge in [0.15, 0.2) is 5.82 Å². The number of hydrazine groups is 1. The molecule has 8 heteroatoms. The molecule has 0 fully saturated rings. The molecule has 0 spiro atoms. The second-order valence-electron chi connectivity index (χ2n) is 6.19. The van der Waals surface area contributed by atoms with E-state index in [0.29, 0.717) is 26.7 Å². The zero-order valence-corrected chi connectivity index (χ0v) is 15.8. The molecule has 0 aliphatic carbocycles. The molecule has 140 valence electrons. The number of nitrogens with zero attached hydrogens (tertiary/aromatic N) is 4. The van der Waals surface area contributed by atoms with E-state index < -0.39 is 10.0 Å². The SMILES string of the molecule is Cc1cccnc1-c1cc2cccnc2c(N(N)S(=O)(=O)c2ccccc2)n1. The van der Waals surface area contributed by atoms with Crippen LogP contribution in [0.15, 0.2) is 78.0 Å². The largest absolute Gasteiger partial charge is 0.279 e. The summed E-state index contributed by atoms with van der Waals surface area (Å²) in [7, 11) is -4.00. The average Bonchev–Trinajstić information content (AvgIpc) is 2.73. The van der Waals surface area contributed by atoms with Crippen molar-refractivity contribution in [3.8, 4) is 11.4 Å². The summed E-state index contributed by atoms with van der Waals surface area (Å²) in [6.07, 6.45) is 3.24. The fourth-order valence-electron chi connectivity index (χ4n) is 2.92. The quantitative estimate of drug-likeness (QED) is 0.424. The number of nitrogens with two attached hydrogens (primary N) is 1. The summed E-state index contributed by atoms with van der Waals surface area (Å²) < 4.78 is 26.7. The molecule has 0 saturated heterocycles. The summed E-state index contributed by atoms with van der Waals surface area (Å²) in [5, 5.41) is 0.714. The zero-order valence-electron chi connectivity index (χ0n) is 15.0. The molecule has 0 atom stereocenters. The maximum Gasteiger partial charge on any atom is 0.279 e. The molecule has 0 aliphatic rings. The summed E-state index contributed by atoms with van der Waals surface area (Å²) in [4.78, 5) is 13.3. The van der Waals surface area contributed by atoms with Crippen LogP contribution in [0.2, 0.25) is 0 Å². The van der Waals surface area contributed by atoms with Crippen LogP contribution in [0.5, 0.6) is 0 Å². The summed E-state index contributed by atoms with van der Waals surface area (Å²) in [6.45, 7) is 1.91. The van der Waals surface area contributed by atoms with Crippen molar-refractivity contribution in [2.45, 2.75) is 11.8 Å². The molecule has 1 aromatic carbocycles. The highest BCUT2D eigenvalue weighted by atomic mass is 32.2. The van der Waals surface area contributed by atoms with Gasteiger partial charge in [0.1, 0.15) is 5.52 Å². The van der Waals surface area contributed by atoms with E-state index >= 15 is 0 Å². The van der Waals surface area contributed by atoms with Gasteiger partial charge in [-0.1, -0.05) is 30.3 Å². The fraction of sp³-hybridized carbons (Fsp3) is 0.0500. The molecule has 0 amide bonds. The van der Waals surface area contributed by atoms with E-state index in [0.717, 1.165) is 5.56 Å². The van der Waals surface area contributed by atoms with Crippen LogP contribution in [-0.2, 0) is 10.0 Å². The minimum atomic E-state index is -4.00. The Bertz CT molecular complexity index is 1260. The van der Waals surface area contributed by atoms with Gasteiger partial charge in [-0.2, -0.15) is 12.8 Å². The predicted molar refractivity (Wildman–Crippen MR) is 108 cm³/mol. The first-order valence-electron chi connectivity index (χ1n) is 8.51. The molecular weight excluding hydrogens is 374 g/mol. The first-order valence-corrected chi connectivity index (χ1v) is 9.95. The number of aryl methyl sites for hydroxylation is 1. The van der Waals surface area contributed by atoms with Crippen LogP contribution < -0.4 is 10.3 Å². The van der Waals surface area contributed by atoms with Gasteiger partial charge < -0.3 is 0 Å². The van der Waals surface area contributed by atoms with Crippen LogP contribution in [0.3, 0.4) is 0 Å². The summed E-state index contributed by atoms with van der Waals surface area (Å²) >= 11 is 0. The van der Waals surface area contributed by atoms with Crippen LogP contribution >= 0.6 is 0 Å². The van der Waals surface area contributed by atoms with Crippen molar-refractivity contribution in [3.63, 3.8) is 0 Å². The monoisotopic (exact) mass is 391 g/mol. The number of aromatic nitrogens is 3. The second-order valence-corrected chi connectivity index (χ2v) is 8.00. The normalized spacial score (nSPS) is 11.5. The molecule has 0 radical (unpaired) electrons. The van der Waals surface area contributed by atoms with Gasteiger partial charge in [-0.05, 0) is 42.8 Å². The number of hydrogen-bond donors (Lipinski definition) is 1. The highest BCUT2D eigenvalue weighted by Gasteiger charge is 2.26. The van der Waals surface area contributed by atoms with Crippen LogP contribution in [0, 0.1) is 6.92 Å². The van der Waals surface area contributed by atoms with Gasteiger partial charge >= 0.3 is 0 Å². The number of sulfonamides is 1. The number of benzene rings is 1. The van der Waals surface area contributed by atoms with E-state index in [4.69, 9.17) is 5.84 Å². The van der Waals surface area contributed by atoms with Gasteiger partial charge in [-0.25, -0.2) is 10.8 Å². The smallest absolute Gasteiger partial charge is 0.254 e. The topological polar surface area (TPSA) is 102 Å². The van der Waals surface area contributed by atoms with Crippen LogP contribution in [0.4, 0.5) is 5.82 Å². The Morgan fingerprint density at radius 1 is 0.929 bits per heavy atom. The Morgan fingerprint density at radius 3 is 2.39 bits per heavy atom. The van der Waals surface area contributed by atoms with E-state index in [9.17, 15) is 8.42 Å². The second kappa shape index (κ2) is 6.99. The van der Waals surface area contributed by atoms with E-state index in [1.54, 1.807) is 36.7 Å². The maximum atomic E-state index is 13.0. The molecule has 4 rings (SSSR count). The van der Waals surface area contributed by atoms with Crippen LogP contribution in [-0.4, -0.2) is 23.4 Å². The molecule has 28 heavy (non-hydrogen) atoms. The number of hydrogen-bond acceptors (Lipinski definition) is 6. The molecule has 0 saturated carbocycles. The highest BCUT2D eigenvalue weighted by Crippen LogP contribution is 2.30. The van der Waals surface area contributed by atoms with Gasteiger partial charge in [0.05, 0.1) is 16.3 Å². The van der Waals surface area contributed by atoms with Crippen molar-refractivity contribution >= 4 is 26.7 Å². The van der Waals surface area contributed by atoms with E-state index in [1.165, 1.54) is 12.1 Å². The van der Waals surface area contributed by atoms with Crippen molar-refractivity contribution in [3.05, 3.63) is 78.6 Å². The van der Waals surface area contributed by atoms with Crippen molar-refractivity contribution < 1.29 is 8.42 Å². The molecule has 2 N–H and O–H groups in total. The molecule has 0 aliphatic heterocycles. The minimum absolute atomic E-state index is 0.0435. The Hall–Kier alpha value is -3.36. The third-order valence-corrected chi connectivity index (χ3v) is 5.89. The Morgan fingerprint density at radius 2 is 1.64 bits per heavy atom. The average molecular weight is 391 g/mol. The lowest BCUT2D eigenvalue weighted by atomic mass is 10.1. The summed E-state index contributed by atoms with van der Waals surface area (Å²) in [6, 6.07) is 17.1. The van der Waals surface area contributed by atoms with E-state index in [-0.39, 0.29) is 10.7 Å². The van der Waals surface area contributed by atoms with Gasteiger partial charge in [-0.3, -0.25) is 9.97 Å². The van der Waals surface area contributed by atoms with Gasteiger partial charge in [0.25, 0.3) is 10.0 Å². The molecule has 3 aromatic heterocycles. The fourth-order valence-corrected chi connectivity index (χ4v) is 4.00. The lowest BCUT2D eigenvalue weighted by molar-refractivity contribution is 0.591. The molecule has 0 bridgehead atoms. The maximum absolute atomic E-state index is 13.0. The van der Waals surface area contributed by atoms with Crippen molar-refractivity contribution in [2.75, 3.05) is 4.41 Å².